The van der Waals surface area contributed by atoms with Gasteiger partial charge in [0.15, 0.2) is 0 Å². The molecular formula is C19H20BNO4. The predicted molar refractivity (Wildman–Crippen MR) is 97.4 cm³/mol. The maximum Gasteiger partial charge on any atom is 0.494 e. The summed E-state index contributed by atoms with van der Waals surface area (Å²) in [5.41, 5.74) is 2.26. The van der Waals surface area contributed by atoms with E-state index in [4.69, 9.17) is 13.7 Å². The normalized spacial score (nSPS) is 22.3. The van der Waals surface area contributed by atoms with Crippen LogP contribution >= 0.6 is 0 Å². The van der Waals surface area contributed by atoms with Gasteiger partial charge >= 0.3 is 7.12 Å². The molecule has 0 radical (unpaired) electrons. The minimum atomic E-state index is -0.462. The number of nitrogens with one attached hydrogen (secondary N) is 1. The van der Waals surface area contributed by atoms with Crippen LogP contribution in [-0.2, 0) is 14.1 Å². The second-order valence-corrected chi connectivity index (χ2v) is 7.42. The van der Waals surface area contributed by atoms with Crippen LogP contribution in [0.3, 0.4) is 0 Å². The lowest BCUT2D eigenvalue weighted by Gasteiger charge is -2.32. The number of anilines is 1. The third-order valence-electron chi connectivity index (χ3n) is 5.18. The molecule has 4 rings (SSSR count). The van der Waals surface area contributed by atoms with E-state index in [1.54, 1.807) is 18.4 Å². The fraction of sp³-hybridized carbons (Fsp3) is 0.316. The molecule has 3 heterocycles. The average Bonchev–Trinajstić information content (AvgIpc) is 3.19. The number of furan rings is 1. The summed E-state index contributed by atoms with van der Waals surface area (Å²) in [4.78, 5) is 12.3. The summed E-state index contributed by atoms with van der Waals surface area (Å²) in [6.45, 7) is 8.09. The Morgan fingerprint density at radius 2 is 1.80 bits per heavy atom. The molecule has 1 amide bonds. The first kappa shape index (κ1) is 16.2. The summed E-state index contributed by atoms with van der Waals surface area (Å²) in [6.07, 6.45) is 3.33. The number of hydrogen-bond donors (Lipinski definition) is 1. The van der Waals surface area contributed by atoms with Crippen LogP contribution < -0.4 is 10.8 Å². The molecule has 1 N–H and O–H groups in total. The Morgan fingerprint density at radius 3 is 2.44 bits per heavy atom. The van der Waals surface area contributed by atoms with E-state index in [1.807, 2.05) is 52.0 Å². The van der Waals surface area contributed by atoms with E-state index >= 15 is 0 Å². The van der Waals surface area contributed by atoms with Gasteiger partial charge in [0.1, 0.15) is 5.76 Å². The minimum absolute atomic E-state index is 0.141. The van der Waals surface area contributed by atoms with Crippen LogP contribution in [0.1, 0.15) is 39.0 Å². The van der Waals surface area contributed by atoms with Gasteiger partial charge in [-0.2, -0.15) is 0 Å². The van der Waals surface area contributed by atoms with Crippen LogP contribution in [0.2, 0.25) is 0 Å². The third kappa shape index (κ3) is 2.62. The maximum absolute atomic E-state index is 12.3. The van der Waals surface area contributed by atoms with Crippen molar-refractivity contribution in [2.75, 3.05) is 5.32 Å². The molecule has 25 heavy (non-hydrogen) atoms. The second-order valence-electron chi connectivity index (χ2n) is 7.42. The van der Waals surface area contributed by atoms with Crippen LogP contribution in [0.15, 0.2) is 41.0 Å². The van der Waals surface area contributed by atoms with Crippen LogP contribution in [0, 0.1) is 0 Å². The van der Waals surface area contributed by atoms with Gasteiger partial charge in [0.2, 0.25) is 0 Å². The fourth-order valence-electron chi connectivity index (χ4n) is 2.99. The van der Waals surface area contributed by atoms with Gasteiger partial charge in [-0.3, -0.25) is 4.79 Å². The monoisotopic (exact) mass is 337 g/mol. The molecule has 1 aromatic heterocycles. The quantitative estimate of drug-likeness (QED) is 0.676. The fourth-order valence-corrected chi connectivity index (χ4v) is 2.99. The van der Waals surface area contributed by atoms with E-state index in [2.05, 4.69) is 5.32 Å². The molecule has 1 saturated heterocycles. The van der Waals surface area contributed by atoms with Crippen molar-refractivity contribution in [1.29, 1.82) is 0 Å². The summed E-state index contributed by atoms with van der Waals surface area (Å²) < 4.78 is 17.6. The SMILES string of the molecule is CC1(C)OB(c2ccc3c(c2)/C(=C\c2ccco2)C(=O)N3)OC1(C)C. The highest BCUT2D eigenvalue weighted by Gasteiger charge is 2.51. The lowest BCUT2D eigenvalue weighted by atomic mass is 9.78. The standard InChI is InChI=1S/C19H20BNO4/c1-18(2)19(3,4)25-20(24-18)12-7-8-16-14(10-12)15(17(22)21-16)11-13-6-5-9-23-13/h5-11H,1-4H3,(H,21,22)/b15-11+. The summed E-state index contributed by atoms with van der Waals surface area (Å²) in [5.74, 6) is 0.497. The molecule has 2 aliphatic heterocycles. The van der Waals surface area contributed by atoms with Crippen LogP contribution in [0.4, 0.5) is 5.69 Å². The van der Waals surface area contributed by atoms with Gasteiger partial charge in [-0.15, -0.1) is 0 Å². The van der Waals surface area contributed by atoms with Crippen LogP contribution in [-0.4, -0.2) is 24.2 Å². The largest absolute Gasteiger partial charge is 0.494 e. The first-order valence-electron chi connectivity index (χ1n) is 8.33. The molecule has 0 saturated carbocycles. The van der Waals surface area contributed by atoms with Gasteiger partial charge in [0.25, 0.3) is 5.91 Å². The van der Waals surface area contributed by atoms with Gasteiger partial charge < -0.3 is 19.0 Å². The summed E-state index contributed by atoms with van der Waals surface area (Å²) in [6, 6.07) is 9.37. The third-order valence-corrected chi connectivity index (χ3v) is 5.18. The van der Waals surface area contributed by atoms with Crippen molar-refractivity contribution in [3.63, 3.8) is 0 Å². The number of fused-ring (bicyclic) bond motifs is 1. The molecule has 0 atom stereocenters. The highest BCUT2D eigenvalue weighted by molar-refractivity contribution is 6.62. The molecule has 5 nitrogen and oxygen atoms in total. The Bertz CT molecular complexity index is 852. The first-order valence-corrected chi connectivity index (χ1v) is 8.33. The molecule has 0 aliphatic carbocycles. The van der Waals surface area contributed by atoms with Gasteiger partial charge in [0.05, 0.1) is 23.0 Å². The van der Waals surface area contributed by atoms with Crippen molar-refractivity contribution < 1.29 is 18.5 Å². The van der Waals surface area contributed by atoms with E-state index in [0.717, 1.165) is 16.7 Å². The molecular weight excluding hydrogens is 317 g/mol. The number of amides is 1. The van der Waals surface area contributed by atoms with Gasteiger partial charge in [-0.1, -0.05) is 12.1 Å². The zero-order chi connectivity index (χ0) is 17.8. The Hall–Kier alpha value is -2.31. The lowest BCUT2D eigenvalue weighted by molar-refractivity contribution is -0.110. The van der Waals surface area contributed by atoms with E-state index < -0.39 is 18.3 Å². The molecule has 1 fully saturated rings. The molecule has 2 aromatic rings. The Balaban J connectivity index is 1.72. The first-order chi connectivity index (χ1) is 11.8. The number of benzene rings is 1. The van der Waals surface area contributed by atoms with Crippen molar-refractivity contribution >= 4 is 35.8 Å². The molecule has 0 bridgehead atoms. The van der Waals surface area contributed by atoms with Crippen molar-refractivity contribution in [3.8, 4) is 0 Å². The van der Waals surface area contributed by atoms with Crippen molar-refractivity contribution in [1.82, 2.24) is 0 Å². The maximum atomic E-state index is 12.3. The lowest BCUT2D eigenvalue weighted by Crippen LogP contribution is -2.41. The Kier molecular flexibility index (Phi) is 3.46. The number of hydrogen-bond acceptors (Lipinski definition) is 4. The minimum Gasteiger partial charge on any atom is -0.465 e. The van der Waals surface area contributed by atoms with E-state index in [-0.39, 0.29) is 5.91 Å². The van der Waals surface area contributed by atoms with Crippen molar-refractivity contribution in [2.24, 2.45) is 0 Å². The molecule has 128 valence electrons. The predicted octanol–water partition coefficient (Wildman–Crippen LogP) is 3.07. The Morgan fingerprint density at radius 1 is 1.08 bits per heavy atom. The smallest absolute Gasteiger partial charge is 0.465 e. The number of carbonyl (C=O) groups excluding carboxylic acids is 1. The molecule has 0 spiro atoms. The van der Waals surface area contributed by atoms with E-state index in [1.165, 1.54) is 0 Å². The molecule has 6 heteroatoms. The summed E-state index contributed by atoms with van der Waals surface area (Å²) in [7, 11) is -0.462. The van der Waals surface area contributed by atoms with Crippen molar-refractivity contribution in [3.05, 3.63) is 47.9 Å². The zero-order valence-electron chi connectivity index (χ0n) is 14.8. The topological polar surface area (TPSA) is 60.7 Å². The van der Waals surface area contributed by atoms with E-state index in [9.17, 15) is 4.79 Å². The average molecular weight is 337 g/mol. The number of rotatable bonds is 2. The molecule has 2 aliphatic rings. The number of carbonyl (C=O) groups is 1. The van der Waals surface area contributed by atoms with Crippen LogP contribution in [0.25, 0.3) is 11.6 Å². The highest BCUT2D eigenvalue weighted by Crippen LogP contribution is 2.38. The summed E-state index contributed by atoms with van der Waals surface area (Å²) in [5, 5.41) is 2.88. The van der Waals surface area contributed by atoms with Crippen LogP contribution in [0.5, 0.6) is 0 Å². The highest BCUT2D eigenvalue weighted by atomic mass is 16.7. The molecule has 0 unspecified atom stereocenters. The Labute approximate surface area is 147 Å². The molecule has 1 aromatic carbocycles. The summed E-state index contributed by atoms with van der Waals surface area (Å²) >= 11 is 0. The van der Waals surface area contributed by atoms with Gasteiger partial charge in [-0.25, -0.2) is 0 Å². The van der Waals surface area contributed by atoms with Gasteiger partial charge in [-0.05, 0) is 57.4 Å². The second kappa shape index (κ2) is 5.34. The van der Waals surface area contributed by atoms with Crippen molar-refractivity contribution in [2.45, 2.75) is 38.9 Å². The van der Waals surface area contributed by atoms with E-state index in [0.29, 0.717) is 11.3 Å². The van der Waals surface area contributed by atoms with Gasteiger partial charge in [0, 0.05) is 11.3 Å². The zero-order valence-corrected chi connectivity index (χ0v) is 14.8.